The molecular weight excluding hydrogens is 256 g/mol. The van der Waals surface area contributed by atoms with E-state index in [1.165, 1.54) is 12.1 Å². The Kier molecular flexibility index (Phi) is 4.00. The van der Waals surface area contributed by atoms with E-state index in [-0.39, 0.29) is 11.3 Å². The Bertz CT molecular complexity index is 636. The summed E-state index contributed by atoms with van der Waals surface area (Å²) in [4.78, 5) is 23.6. The van der Waals surface area contributed by atoms with E-state index in [1.807, 2.05) is 6.92 Å². The van der Waals surface area contributed by atoms with Crippen molar-refractivity contribution < 1.29 is 14.7 Å². The van der Waals surface area contributed by atoms with Crippen molar-refractivity contribution in [1.29, 1.82) is 0 Å². The first-order valence-corrected chi connectivity index (χ1v) is 6.03. The van der Waals surface area contributed by atoms with Crippen LogP contribution in [0.5, 0.6) is 5.75 Å². The highest BCUT2D eigenvalue weighted by atomic mass is 16.3. The van der Waals surface area contributed by atoms with E-state index in [1.54, 1.807) is 36.4 Å². The van der Waals surface area contributed by atoms with Crippen molar-refractivity contribution in [3.05, 3.63) is 65.2 Å². The number of aryl methyl sites for hydroxylation is 1. The van der Waals surface area contributed by atoms with Gasteiger partial charge in [0.25, 0.3) is 11.8 Å². The maximum atomic E-state index is 11.8. The third-order valence-electron chi connectivity index (χ3n) is 2.75. The number of amides is 2. The number of aromatic hydroxyl groups is 1. The van der Waals surface area contributed by atoms with Gasteiger partial charge in [-0.25, -0.2) is 0 Å². The van der Waals surface area contributed by atoms with Crippen LogP contribution in [0.4, 0.5) is 0 Å². The predicted molar refractivity (Wildman–Crippen MR) is 74.2 cm³/mol. The average molecular weight is 270 g/mol. The highest BCUT2D eigenvalue weighted by molar-refractivity contribution is 6.00. The van der Waals surface area contributed by atoms with Crippen LogP contribution in [0.15, 0.2) is 48.5 Å². The molecule has 5 nitrogen and oxygen atoms in total. The van der Waals surface area contributed by atoms with Crippen LogP contribution in [0.25, 0.3) is 0 Å². The summed E-state index contributed by atoms with van der Waals surface area (Å²) in [6.45, 7) is 1.92. The van der Waals surface area contributed by atoms with E-state index in [4.69, 9.17) is 0 Å². The lowest BCUT2D eigenvalue weighted by molar-refractivity contribution is 0.0845. The molecule has 0 radical (unpaired) electrons. The molecule has 2 amide bonds. The zero-order valence-corrected chi connectivity index (χ0v) is 10.9. The Labute approximate surface area is 116 Å². The summed E-state index contributed by atoms with van der Waals surface area (Å²) >= 11 is 0. The van der Waals surface area contributed by atoms with E-state index < -0.39 is 11.8 Å². The second-order valence-corrected chi connectivity index (χ2v) is 4.29. The first-order valence-electron chi connectivity index (χ1n) is 6.03. The van der Waals surface area contributed by atoms with E-state index in [0.717, 1.165) is 5.56 Å². The highest BCUT2D eigenvalue weighted by Gasteiger charge is 2.11. The minimum absolute atomic E-state index is 0.0942. The van der Waals surface area contributed by atoms with Crippen LogP contribution in [0.1, 0.15) is 26.3 Å². The Morgan fingerprint density at radius 2 is 1.50 bits per heavy atom. The molecule has 0 aliphatic carbocycles. The van der Waals surface area contributed by atoms with Crippen LogP contribution < -0.4 is 10.9 Å². The molecular formula is C15H14N2O3. The van der Waals surface area contributed by atoms with Crippen molar-refractivity contribution in [1.82, 2.24) is 10.9 Å². The van der Waals surface area contributed by atoms with Crippen LogP contribution in [-0.4, -0.2) is 16.9 Å². The number of benzene rings is 2. The number of carbonyl (C=O) groups excluding carboxylic acids is 2. The summed E-state index contributed by atoms with van der Waals surface area (Å²) in [6.07, 6.45) is 0. The number of carbonyl (C=O) groups is 2. The van der Waals surface area contributed by atoms with Crippen molar-refractivity contribution in [3.8, 4) is 5.75 Å². The summed E-state index contributed by atoms with van der Waals surface area (Å²) in [5.74, 6) is -1.15. The number of phenols is 1. The molecule has 0 aliphatic rings. The maximum absolute atomic E-state index is 11.8. The van der Waals surface area contributed by atoms with Gasteiger partial charge in [0, 0.05) is 5.56 Å². The number of nitrogens with one attached hydrogen (secondary N) is 2. The average Bonchev–Trinajstić information content (AvgIpc) is 2.45. The van der Waals surface area contributed by atoms with Crippen LogP contribution in [0.2, 0.25) is 0 Å². The molecule has 0 bridgehead atoms. The lowest BCUT2D eigenvalue weighted by Crippen LogP contribution is -2.41. The predicted octanol–water partition coefficient (Wildman–Crippen LogP) is 1.78. The van der Waals surface area contributed by atoms with Gasteiger partial charge in [-0.05, 0) is 31.2 Å². The van der Waals surface area contributed by atoms with E-state index in [2.05, 4.69) is 10.9 Å². The second-order valence-electron chi connectivity index (χ2n) is 4.29. The maximum Gasteiger partial charge on any atom is 0.273 e. The van der Waals surface area contributed by atoms with Crippen LogP contribution in [0, 0.1) is 6.92 Å². The topological polar surface area (TPSA) is 78.4 Å². The van der Waals surface area contributed by atoms with E-state index >= 15 is 0 Å². The van der Waals surface area contributed by atoms with Crippen molar-refractivity contribution in [2.75, 3.05) is 0 Å². The summed E-state index contributed by atoms with van der Waals surface area (Å²) in [6, 6.07) is 13.0. The van der Waals surface area contributed by atoms with Gasteiger partial charge in [0.2, 0.25) is 0 Å². The molecule has 0 saturated heterocycles. The Morgan fingerprint density at radius 3 is 2.15 bits per heavy atom. The number of hydrogen-bond donors (Lipinski definition) is 3. The molecule has 0 aliphatic heterocycles. The number of hydrazine groups is 1. The van der Waals surface area contributed by atoms with Crippen LogP contribution in [-0.2, 0) is 0 Å². The van der Waals surface area contributed by atoms with E-state index in [0.29, 0.717) is 5.56 Å². The fourth-order valence-corrected chi connectivity index (χ4v) is 1.62. The van der Waals surface area contributed by atoms with Gasteiger partial charge >= 0.3 is 0 Å². The molecule has 5 heteroatoms. The smallest absolute Gasteiger partial charge is 0.273 e. The standard InChI is InChI=1S/C15H14N2O3/c1-10-6-8-11(9-7-10)14(19)16-17-15(20)12-4-2-3-5-13(12)18/h2-9,18H,1H3,(H,16,19)(H,17,20). The van der Waals surface area contributed by atoms with Crippen molar-refractivity contribution in [2.45, 2.75) is 6.92 Å². The third-order valence-corrected chi connectivity index (χ3v) is 2.75. The van der Waals surface area contributed by atoms with Crippen LogP contribution >= 0.6 is 0 Å². The zero-order chi connectivity index (χ0) is 14.5. The largest absolute Gasteiger partial charge is 0.507 e. The SMILES string of the molecule is Cc1ccc(C(=O)NNC(=O)c2ccccc2O)cc1. The molecule has 0 atom stereocenters. The summed E-state index contributed by atoms with van der Waals surface area (Å²) in [7, 11) is 0. The quantitative estimate of drug-likeness (QED) is 0.728. The molecule has 102 valence electrons. The van der Waals surface area contributed by atoms with Crippen LogP contribution in [0.3, 0.4) is 0 Å². The van der Waals surface area contributed by atoms with Gasteiger partial charge in [-0.2, -0.15) is 0 Å². The van der Waals surface area contributed by atoms with Gasteiger partial charge in [0.15, 0.2) is 0 Å². The number of hydrogen-bond acceptors (Lipinski definition) is 3. The molecule has 0 saturated carbocycles. The first kappa shape index (κ1) is 13.6. The summed E-state index contributed by atoms with van der Waals surface area (Å²) < 4.78 is 0. The van der Waals surface area contributed by atoms with Gasteiger partial charge in [0.05, 0.1) is 5.56 Å². The third kappa shape index (κ3) is 3.14. The lowest BCUT2D eigenvalue weighted by Gasteiger charge is -2.08. The number of phenolic OH excluding ortho intramolecular Hbond substituents is 1. The Balaban J connectivity index is 1.99. The molecule has 0 unspecified atom stereocenters. The van der Waals surface area contributed by atoms with Gasteiger partial charge < -0.3 is 5.11 Å². The molecule has 2 rings (SSSR count). The minimum Gasteiger partial charge on any atom is -0.507 e. The minimum atomic E-state index is -0.580. The van der Waals surface area contributed by atoms with Gasteiger partial charge in [0.1, 0.15) is 5.75 Å². The monoisotopic (exact) mass is 270 g/mol. The summed E-state index contributed by atoms with van der Waals surface area (Å²) in [5.41, 5.74) is 6.12. The number of rotatable bonds is 2. The molecule has 3 N–H and O–H groups in total. The molecule has 0 aromatic heterocycles. The molecule has 2 aromatic carbocycles. The van der Waals surface area contributed by atoms with Gasteiger partial charge in [-0.1, -0.05) is 29.8 Å². The van der Waals surface area contributed by atoms with Crippen molar-refractivity contribution >= 4 is 11.8 Å². The van der Waals surface area contributed by atoms with Crippen molar-refractivity contribution in [2.24, 2.45) is 0 Å². The fourth-order valence-electron chi connectivity index (χ4n) is 1.62. The zero-order valence-electron chi connectivity index (χ0n) is 10.9. The number of para-hydroxylation sites is 1. The van der Waals surface area contributed by atoms with E-state index in [9.17, 15) is 14.7 Å². The molecule has 0 heterocycles. The Morgan fingerprint density at radius 1 is 0.900 bits per heavy atom. The molecule has 20 heavy (non-hydrogen) atoms. The highest BCUT2D eigenvalue weighted by Crippen LogP contribution is 2.14. The second kappa shape index (κ2) is 5.88. The van der Waals surface area contributed by atoms with Crippen molar-refractivity contribution in [3.63, 3.8) is 0 Å². The molecule has 0 spiro atoms. The molecule has 0 fully saturated rings. The molecule has 2 aromatic rings. The Hall–Kier alpha value is -2.82. The van der Waals surface area contributed by atoms with Gasteiger partial charge in [-0.3, -0.25) is 20.4 Å². The fraction of sp³-hybridized carbons (Fsp3) is 0.0667. The first-order chi connectivity index (χ1) is 9.58. The normalized spacial score (nSPS) is 9.85. The summed E-state index contributed by atoms with van der Waals surface area (Å²) in [5, 5.41) is 9.52. The van der Waals surface area contributed by atoms with Gasteiger partial charge in [-0.15, -0.1) is 0 Å². The lowest BCUT2D eigenvalue weighted by atomic mass is 10.1.